The van der Waals surface area contributed by atoms with Gasteiger partial charge in [0.15, 0.2) is 0 Å². The van der Waals surface area contributed by atoms with Crippen molar-refractivity contribution in [3.8, 4) is 0 Å². The molecule has 0 aliphatic heterocycles. The SMILES string of the molecule is CSCc1nnc(C)s1. The summed E-state index contributed by atoms with van der Waals surface area (Å²) in [5.41, 5.74) is 0. The van der Waals surface area contributed by atoms with Crippen LogP contribution in [0.25, 0.3) is 0 Å². The van der Waals surface area contributed by atoms with Gasteiger partial charge in [0, 0.05) is 5.75 Å². The third-order valence-electron chi connectivity index (χ3n) is 0.836. The highest BCUT2D eigenvalue weighted by Crippen LogP contribution is 2.12. The van der Waals surface area contributed by atoms with Gasteiger partial charge in [-0.15, -0.1) is 21.5 Å². The number of aryl methyl sites for hydroxylation is 1. The number of thioether (sulfide) groups is 1. The summed E-state index contributed by atoms with van der Waals surface area (Å²) in [5, 5.41) is 10.0. The monoisotopic (exact) mass is 160 g/mol. The van der Waals surface area contributed by atoms with Crippen molar-refractivity contribution in [2.24, 2.45) is 0 Å². The van der Waals surface area contributed by atoms with Gasteiger partial charge in [0.1, 0.15) is 10.0 Å². The Kier molecular flexibility index (Phi) is 2.48. The molecule has 0 saturated heterocycles. The molecule has 0 bridgehead atoms. The Morgan fingerprint density at radius 2 is 2.33 bits per heavy atom. The highest BCUT2D eigenvalue weighted by atomic mass is 32.2. The van der Waals surface area contributed by atoms with Crippen LogP contribution in [0.4, 0.5) is 0 Å². The van der Waals surface area contributed by atoms with E-state index in [9.17, 15) is 0 Å². The average molecular weight is 160 g/mol. The summed E-state index contributed by atoms with van der Waals surface area (Å²) in [6.07, 6.45) is 2.07. The molecule has 0 aliphatic rings. The summed E-state index contributed by atoms with van der Waals surface area (Å²) in [4.78, 5) is 0. The second-order valence-corrected chi connectivity index (χ2v) is 3.78. The molecule has 0 N–H and O–H groups in total. The van der Waals surface area contributed by atoms with Crippen molar-refractivity contribution >= 4 is 23.1 Å². The molecule has 1 aromatic heterocycles. The van der Waals surface area contributed by atoms with Crippen LogP contribution >= 0.6 is 23.1 Å². The van der Waals surface area contributed by atoms with E-state index in [4.69, 9.17) is 0 Å². The molecule has 0 saturated carbocycles. The van der Waals surface area contributed by atoms with Crippen LogP contribution in [0.1, 0.15) is 10.0 Å². The number of hydrogen-bond acceptors (Lipinski definition) is 4. The van der Waals surface area contributed by atoms with Crippen molar-refractivity contribution in [2.45, 2.75) is 12.7 Å². The van der Waals surface area contributed by atoms with Crippen molar-refractivity contribution in [3.63, 3.8) is 0 Å². The van der Waals surface area contributed by atoms with E-state index in [1.807, 2.05) is 6.92 Å². The molecular weight excluding hydrogens is 152 g/mol. The summed E-state index contributed by atoms with van der Waals surface area (Å²) in [6.45, 7) is 1.97. The third-order valence-corrected chi connectivity index (χ3v) is 2.42. The van der Waals surface area contributed by atoms with E-state index in [0.29, 0.717) is 0 Å². The molecule has 4 heteroatoms. The number of rotatable bonds is 2. The summed E-state index contributed by atoms with van der Waals surface area (Å²) >= 11 is 3.45. The lowest BCUT2D eigenvalue weighted by atomic mass is 10.8. The molecule has 0 spiro atoms. The first-order valence-corrected chi connectivity index (χ1v) is 4.82. The van der Waals surface area contributed by atoms with Crippen LogP contribution in [-0.2, 0) is 5.75 Å². The largest absolute Gasteiger partial charge is 0.158 e. The Hall–Kier alpha value is -0.0900. The summed E-state index contributed by atoms with van der Waals surface area (Å²) < 4.78 is 0. The topological polar surface area (TPSA) is 25.8 Å². The van der Waals surface area contributed by atoms with Crippen molar-refractivity contribution < 1.29 is 0 Å². The minimum atomic E-state index is 0.992. The Labute approximate surface area is 62.7 Å². The van der Waals surface area contributed by atoms with Gasteiger partial charge in [-0.25, -0.2) is 0 Å². The average Bonchev–Trinajstić information content (AvgIpc) is 2.17. The normalized spacial score (nSPS) is 10.0. The van der Waals surface area contributed by atoms with Crippen LogP contribution in [0, 0.1) is 6.92 Å². The second kappa shape index (κ2) is 3.17. The smallest absolute Gasteiger partial charge is 0.127 e. The van der Waals surface area contributed by atoms with E-state index in [1.54, 1.807) is 23.1 Å². The number of aromatic nitrogens is 2. The van der Waals surface area contributed by atoms with Gasteiger partial charge in [-0.2, -0.15) is 11.8 Å². The number of nitrogens with zero attached hydrogens (tertiary/aromatic N) is 2. The fourth-order valence-corrected chi connectivity index (χ4v) is 1.92. The van der Waals surface area contributed by atoms with Crippen molar-refractivity contribution in [2.75, 3.05) is 6.26 Å². The fourth-order valence-electron chi connectivity index (χ4n) is 0.519. The van der Waals surface area contributed by atoms with Gasteiger partial charge in [0.25, 0.3) is 0 Å². The molecule has 0 aliphatic carbocycles. The Bertz CT molecular complexity index is 185. The Balaban J connectivity index is 2.61. The summed E-state index contributed by atoms with van der Waals surface area (Å²) in [7, 11) is 0. The lowest BCUT2D eigenvalue weighted by Crippen LogP contribution is -1.75. The van der Waals surface area contributed by atoms with Gasteiger partial charge in [-0.05, 0) is 13.2 Å². The molecule has 0 aromatic carbocycles. The van der Waals surface area contributed by atoms with E-state index < -0.39 is 0 Å². The third kappa shape index (κ3) is 1.95. The first-order chi connectivity index (χ1) is 4.33. The molecule has 0 unspecified atom stereocenters. The van der Waals surface area contributed by atoms with Crippen molar-refractivity contribution in [1.29, 1.82) is 0 Å². The zero-order valence-electron chi connectivity index (χ0n) is 5.42. The van der Waals surface area contributed by atoms with E-state index >= 15 is 0 Å². The van der Waals surface area contributed by atoms with E-state index in [2.05, 4.69) is 16.5 Å². The van der Waals surface area contributed by atoms with Crippen LogP contribution in [0.3, 0.4) is 0 Å². The Morgan fingerprint density at radius 3 is 2.78 bits per heavy atom. The molecule has 50 valence electrons. The van der Waals surface area contributed by atoms with Gasteiger partial charge >= 0.3 is 0 Å². The molecule has 2 nitrogen and oxygen atoms in total. The van der Waals surface area contributed by atoms with Crippen LogP contribution in [-0.4, -0.2) is 16.5 Å². The quantitative estimate of drug-likeness (QED) is 0.658. The highest BCUT2D eigenvalue weighted by molar-refractivity contribution is 7.97. The predicted octanol–water partition coefficient (Wildman–Crippen LogP) is 1.71. The maximum Gasteiger partial charge on any atom is 0.127 e. The van der Waals surface area contributed by atoms with Gasteiger partial charge < -0.3 is 0 Å². The second-order valence-electron chi connectivity index (χ2n) is 1.65. The molecular formula is C5H8N2S2. The zero-order valence-corrected chi connectivity index (χ0v) is 7.05. The minimum Gasteiger partial charge on any atom is -0.158 e. The molecule has 0 atom stereocenters. The first kappa shape index (κ1) is 7.02. The lowest BCUT2D eigenvalue weighted by Gasteiger charge is -1.83. The maximum absolute atomic E-state index is 3.95. The molecule has 0 radical (unpaired) electrons. The molecule has 9 heavy (non-hydrogen) atoms. The lowest BCUT2D eigenvalue weighted by molar-refractivity contribution is 1.01. The van der Waals surface area contributed by atoms with Gasteiger partial charge in [0.2, 0.25) is 0 Å². The van der Waals surface area contributed by atoms with Crippen LogP contribution in [0.5, 0.6) is 0 Å². The van der Waals surface area contributed by atoms with Gasteiger partial charge in [-0.3, -0.25) is 0 Å². The molecule has 1 rings (SSSR count). The van der Waals surface area contributed by atoms with E-state index in [-0.39, 0.29) is 0 Å². The molecule has 0 amide bonds. The van der Waals surface area contributed by atoms with E-state index in [1.165, 1.54) is 0 Å². The van der Waals surface area contributed by atoms with Crippen LogP contribution in [0.2, 0.25) is 0 Å². The summed E-state index contributed by atoms with van der Waals surface area (Å²) in [6, 6.07) is 0. The summed E-state index contributed by atoms with van der Waals surface area (Å²) in [5.74, 6) is 0.992. The molecule has 1 heterocycles. The van der Waals surface area contributed by atoms with Gasteiger partial charge in [-0.1, -0.05) is 0 Å². The van der Waals surface area contributed by atoms with Crippen molar-refractivity contribution in [3.05, 3.63) is 10.0 Å². The van der Waals surface area contributed by atoms with Crippen molar-refractivity contribution in [1.82, 2.24) is 10.2 Å². The highest BCUT2D eigenvalue weighted by Gasteiger charge is 1.96. The molecule has 1 aromatic rings. The van der Waals surface area contributed by atoms with Gasteiger partial charge in [0.05, 0.1) is 0 Å². The first-order valence-electron chi connectivity index (χ1n) is 2.61. The predicted molar refractivity (Wildman–Crippen MR) is 41.9 cm³/mol. The maximum atomic E-state index is 3.95. The van der Waals surface area contributed by atoms with E-state index in [0.717, 1.165) is 15.8 Å². The minimum absolute atomic E-state index is 0.992. The van der Waals surface area contributed by atoms with Crippen LogP contribution in [0.15, 0.2) is 0 Å². The fraction of sp³-hybridized carbons (Fsp3) is 0.600. The number of hydrogen-bond donors (Lipinski definition) is 0. The zero-order chi connectivity index (χ0) is 6.69. The molecule has 0 fully saturated rings. The Morgan fingerprint density at radius 1 is 1.56 bits per heavy atom. The van der Waals surface area contributed by atoms with Crippen LogP contribution < -0.4 is 0 Å². The standard InChI is InChI=1S/C5H8N2S2/c1-4-6-7-5(9-4)3-8-2/h3H2,1-2H3.